The second-order valence-electron chi connectivity index (χ2n) is 6.78. The number of amides is 1. The van der Waals surface area contributed by atoms with E-state index in [9.17, 15) is 4.79 Å². The molecule has 1 saturated carbocycles. The van der Waals surface area contributed by atoms with E-state index in [-0.39, 0.29) is 24.5 Å². The van der Waals surface area contributed by atoms with E-state index < -0.39 is 0 Å². The number of pyridine rings is 1. The molecule has 1 aromatic carbocycles. The summed E-state index contributed by atoms with van der Waals surface area (Å²) in [6.07, 6.45) is 5.43. The first-order valence-electron chi connectivity index (χ1n) is 9.08. The zero-order chi connectivity index (χ0) is 18.6. The van der Waals surface area contributed by atoms with Crippen LogP contribution in [0.4, 0.5) is 0 Å². The van der Waals surface area contributed by atoms with Crippen LogP contribution in [0.15, 0.2) is 47.1 Å². The molecule has 2 heterocycles. The fourth-order valence-corrected chi connectivity index (χ4v) is 3.54. The number of benzene rings is 1. The van der Waals surface area contributed by atoms with Gasteiger partial charge in [0, 0.05) is 23.7 Å². The molecular formula is C20H20ClN3O3. The molecule has 0 unspecified atom stereocenters. The van der Waals surface area contributed by atoms with Gasteiger partial charge in [0.15, 0.2) is 5.58 Å². The van der Waals surface area contributed by atoms with Gasteiger partial charge in [-0.05, 0) is 43.9 Å². The van der Waals surface area contributed by atoms with E-state index in [0.29, 0.717) is 22.2 Å². The number of carbonyl (C=O) groups excluding carboxylic acids is 1. The maximum atomic E-state index is 12.4. The van der Waals surface area contributed by atoms with Crippen molar-refractivity contribution in [3.63, 3.8) is 0 Å². The molecule has 1 amide bonds. The number of rotatable bonds is 5. The lowest BCUT2D eigenvalue weighted by Crippen LogP contribution is -2.40. The van der Waals surface area contributed by atoms with E-state index in [1.54, 1.807) is 18.3 Å². The highest BCUT2D eigenvalue weighted by Crippen LogP contribution is 2.24. The number of hydrogen-bond acceptors (Lipinski definition) is 5. The minimum Gasteiger partial charge on any atom is -0.474 e. The van der Waals surface area contributed by atoms with Crippen LogP contribution in [0.2, 0.25) is 5.02 Å². The van der Waals surface area contributed by atoms with Crippen molar-refractivity contribution in [1.29, 1.82) is 0 Å². The average Bonchev–Trinajstić information content (AvgIpc) is 3.08. The average molecular weight is 386 g/mol. The topological polar surface area (TPSA) is 77.2 Å². The normalized spacial score (nSPS) is 19.7. The number of nitrogens with zero attached hydrogens (tertiary/aromatic N) is 2. The van der Waals surface area contributed by atoms with Crippen LogP contribution in [0, 0.1) is 0 Å². The van der Waals surface area contributed by atoms with Crippen LogP contribution in [0.5, 0.6) is 5.88 Å². The van der Waals surface area contributed by atoms with E-state index in [1.807, 2.05) is 24.3 Å². The lowest BCUT2D eigenvalue weighted by atomic mass is 9.93. The molecule has 27 heavy (non-hydrogen) atoms. The number of hydrogen-bond donors (Lipinski definition) is 1. The van der Waals surface area contributed by atoms with Gasteiger partial charge in [0.05, 0.1) is 11.4 Å². The van der Waals surface area contributed by atoms with Gasteiger partial charge in [0.25, 0.3) is 0 Å². The van der Waals surface area contributed by atoms with Gasteiger partial charge in [-0.25, -0.2) is 4.98 Å². The zero-order valence-corrected chi connectivity index (χ0v) is 15.5. The van der Waals surface area contributed by atoms with Gasteiger partial charge < -0.3 is 14.6 Å². The molecule has 0 spiro atoms. The third-order valence-electron chi connectivity index (χ3n) is 4.81. The number of fused-ring (bicyclic) bond motifs is 1. The maximum absolute atomic E-state index is 12.4. The largest absolute Gasteiger partial charge is 0.474 e. The lowest BCUT2D eigenvalue weighted by molar-refractivity contribution is -0.121. The number of para-hydroxylation sites is 1. The third kappa shape index (κ3) is 4.39. The highest BCUT2D eigenvalue weighted by Gasteiger charge is 2.24. The van der Waals surface area contributed by atoms with Crippen molar-refractivity contribution in [3.05, 3.63) is 53.3 Å². The minimum atomic E-state index is -0.0298. The first-order chi connectivity index (χ1) is 13.2. The summed E-state index contributed by atoms with van der Waals surface area (Å²) in [5.74, 6) is 0.558. The van der Waals surface area contributed by atoms with Crippen LogP contribution in [0.1, 0.15) is 31.4 Å². The SMILES string of the molecule is O=C(Cc1noc2ccccc12)NC1CCC(Oc2ccc(Cl)cn2)CC1. The van der Waals surface area contributed by atoms with Crippen molar-refractivity contribution in [3.8, 4) is 5.88 Å². The molecule has 7 heteroatoms. The Morgan fingerprint density at radius 2 is 2.00 bits per heavy atom. The summed E-state index contributed by atoms with van der Waals surface area (Å²) in [6, 6.07) is 11.3. The van der Waals surface area contributed by atoms with E-state index in [1.165, 1.54) is 0 Å². The van der Waals surface area contributed by atoms with Gasteiger partial charge in [-0.15, -0.1) is 0 Å². The highest BCUT2D eigenvalue weighted by atomic mass is 35.5. The van der Waals surface area contributed by atoms with Crippen molar-refractivity contribution in [1.82, 2.24) is 15.5 Å². The van der Waals surface area contributed by atoms with Crippen molar-refractivity contribution >= 4 is 28.5 Å². The summed E-state index contributed by atoms with van der Waals surface area (Å²) in [7, 11) is 0. The fraction of sp³-hybridized carbons (Fsp3) is 0.350. The standard InChI is InChI=1S/C20H20ClN3O3/c21-13-5-10-20(22-12-13)26-15-8-6-14(7-9-15)23-19(25)11-17-16-3-1-2-4-18(16)27-24-17/h1-5,10,12,14-15H,6-9,11H2,(H,23,25). The molecule has 0 radical (unpaired) electrons. The predicted molar refractivity (Wildman–Crippen MR) is 102 cm³/mol. The minimum absolute atomic E-state index is 0.0298. The molecule has 1 fully saturated rings. The zero-order valence-electron chi connectivity index (χ0n) is 14.7. The third-order valence-corrected chi connectivity index (χ3v) is 5.03. The van der Waals surface area contributed by atoms with Crippen LogP contribution in [0.3, 0.4) is 0 Å². The van der Waals surface area contributed by atoms with Crippen LogP contribution < -0.4 is 10.1 Å². The Kier molecular flexibility index (Phi) is 5.25. The van der Waals surface area contributed by atoms with E-state index in [0.717, 1.165) is 31.1 Å². The number of aromatic nitrogens is 2. The summed E-state index contributed by atoms with van der Waals surface area (Å²) < 4.78 is 11.1. The maximum Gasteiger partial charge on any atom is 0.226 e. The van der Waals surface area contributed by atoms with Gasteiger partial charge in [-0.3, -0.25) is 4.79 Å². The highest BCUT2D eigenvalue weighted by molar-refractivity contribution is 6.30. The number of carbonyl (C=O) groups is 1. The molecule has 1 aliphatic carbocycles. The Hall–Kier alpha value is -2.60. The number of nitrogens with one attached hydrogen (secondary N) is 1. The van der Waals surface area contributed by atoms with Crippen molar-refractivity contribution in [2.24, 2.45) is 0 Å². The smallest absolute Gasteiger partial charge is 0.226 e. The molecule has 140 valence electrons. The van der Waals surface area contributed by atoms with E-state index in [2.05, 4.69) is 15.5 Å². The second-order valence-corrected chi connectivity index (χ2v) is 7.21. The van der Waals surface area contributed by atoms with Crippen LogP contribution in [0.25, 0.3) is 11.0 Å². The van der Waals surface area contributed by atoms with Gasteiger partial charge in [0.1, 0.15) is 11.8 Å². The summed E-state index contributed by atoms with van der Waals surface area (Å²) in [5.41, 5.74) is 1.38. The van der Waals surface area contributed by atoms with Crippen LogP contribution in [-0.4, -0.2) is 28.2 Å². The number of halogens is 1. The molecule has 0 saturated heterocycles. The van der Waals surface area contributed by atoms with Gasteiger partial charge >= 0.3 is 0 Å². The Labute approximate surface area is 161 Å². The summed E-state index contributed by atoms with van der Waals surface area (Å²) in [6.45, 7) is 0. The van der Waals surface area contributed by atoms with Gasteiger partial charge in [-0.1, -0.05) is 28.9 Å². The van der Waals surface area contributed by atoms with Crippen LogP contribution in [-0.2, 0) is 11.2 Å². The fourth-order valence-electron chi connectivity index (χ4n) is 3.42. The first-order valence-corrected chi connectivity index (χ1v) is 9.46. The summed E-state index contributed by atoms with van der Waals surface area (Å²) in [5, 5.41) is 8.61. The first kappa shape index (κ1) is 17.8. The molecule has 6 nitrogen and oxygen atoms in total. The molecule has 3 aromatic rings. The Morgan fingerprint density at radius 1 is 1.19 bits per heavy atom. The summed E-state index contributed by atoms with van der Waals surface area (Å²) >= 11 is 5.84. The quantitative estimate of drug-likeness (QED) is 0.720. The monoisotopic (exact) mass is 385 g/mol. The molecule has 2 aromatic heterocycles. The van der Waals surface area contributed by atoms with Gasteiger partial charge in [0.2, 0.25) is 11.8 Å². The van der Waals surface area contributed by atoms with E-state index in [4.69, 9.17) is 20.9 Å². The molecule has 0 atom stereocenters. The lowest BCUT2D eigenvalue weighted by Gasteiger charge is -2.29. The Bertz CT molecular complexity index is 918. The Balaban J connectivity index is 1.26. The second kappa shape index (κ2) is 7.96. The van der Waals surface area contributed by atoms with Crippen LogP contribution >= 0.6 is 11.6 Å². The van der Waals surface area contributed by atoms with Crippen molar-refractivity contribution in [2.45, 2.75) is 44.2 Å². The summed E-state index contributed by atoms with van der Waals surface area (Å²) in [4.78, 5) is 16.5. The molecule has 1 N–H and O–H groups in total. The van der Waals surface area contributed by atoms with E-state index >= 15 is 0 Å². The predicted octanol–water partition coefficient (Wildman–Crippen LogP) is 3.93. The molecule has 0 bridgehead atoms. The van der Waals surface area contributed by atoms with Crippen molar-refractivity contribution in [2.75, 3.05) is 0 Å². The molecule has 0 aliphatic heterocycles. The molecule has 4 rings (SSSR count). The molecule has 1 aliphatic rings. The number of ether oxygens (including phenoxy) is 1. The van der Waals surface area contributed by atoms with Crippen molar-refractivity contribution < 1.29 is 14.1 Å². The van der Waals surface area contributed by atoms with Gasteiger partial charge in [-0.2, -0.15) is 0 Å². The Morgan fingerprint density at radius 3 is 2.78 bits per heavy atom. The molecular weight excluding hydrogens is 366 g/mol.